The Hall–Kier alpha value is -2.73. The minimum Gasteiger partial charge on any atom is -0.323 e. The maximum absolute atomic E-state index is 13.0. The predicted molar refractivity (Wildman–Crippen MR) is 82.2 cm³/mol. The summed E-state index contributed by atoms with van der Waals surface area (Å²) in [7, 11) is 0. The SMILES string of the molecule is O=C(/C=C/c1ccc(F)c(Cl)c1)Nc1ccc([N+](=O)[O-])cc1. The molecule has 2 rings (SSSR count). The Morgan fingerprint density at radius 2 is 1.91 bits per heavy atom. The molecule has 0 radical (unpaired) electrons. The van der Waals surface area contributed by atoms with E-state index in [0.29, 0.717) is 11.3 Å². The molecule has 0 atom stereocenters. The van der Waals surface area contributed by atoms with E-state index < -0.39 is 16.6 Å². The number of non-ortho nitro benzene ring substituents is 1. The lowest BCUT2D eigenvalue weighted by Crippen LogP contribution is -2.07. The van der Waals surface area contributed by atoms with Crippen LogP contribution in [-0.2, 0) is 4.79 Å². The third kappa shape index (κ3) is 4.13. The molecule has 112 valence electrons. The number of hydrogen-bond acceptors (Lipinski definition) is 3. The number of anilines is 1. The van der Waals surface area contributed by atoms with Gasteiger partial charge in [0.2, 0.25) is 5.91 Å². The molecule has 7 heteroatoms. The highest BCUT2D eigenvalue weighted by atomic mass is 35.5. The Morgan fingerprint density at radius 1 is 1.23 bits per heavy atom. The summed E-state index contributed by atoms with van der Waals surface area (Å²) in [6, 6.07) is 9.52. The molecule has 0 aliphatic heterocycles. The fourth-order valence-electron chi connectivity index (χ4n) is 1.64. The molecule has 22 heavy (non-hydrogen) atoms. The van der Waals surface area contributed by atoms with Crippen molar-refractivity contribution in [2.45, 2.75) is 0 Å². The number of carbonyl (C=O) groups is 1. The van der Waals surface area contributed by atoms with Gasteiger partial charge >= 0.3 is 0 Å². The maximum atomic E-state index is 13.0. The van der Waals surface area contributed by atoms with Gasteiger partial charge in [0.25, 0.3) is 5.69 Å². The zero-order valence-electron chi connectivity index (χ0n) is 11.1. The van der Waals surface area contributed by atoms with Gasteiger partial charge in [-0.15, -0.1) is 0 Å². The van der Waals surface area contributed by atoms with Crippen molar-refractivity contribution in [1.82, 2.24) is 0 Å². The first-order chi connectivity index (χ1) is 10.5. The molecule has 2 aromatic carbocycles. The molecule has 0 aromatic heterocycles. The third-order valence-electron chi connectivity index (χ3n) is 2.72. The molecule has 0 saturated carbocycles. The maximum Gasteiger partial charge on any atom is 0.269 e. The van der Waals surface area contributed by atoms with Gasteiger partial charge in [-0.05, 0) is 35.9 Å². The predicted octanol–water partition coefficient (Wildman–Crippen LogP) is 4.04. The average molecular weight is 321 g/mol. The van der Waals surface area contributed by atoms with Gasteiger partial charge < -0.3 is 5.32 Å². The van der Waals surface area contributed by atoms with Gasteiger partial charge in [-0.25, -0.2) is 4.39 Å². The lowest BCUT2D eigenvalue weighted by atomic mass is 10.2. The summed E-state index contributed by atoms with van der Waals surface area (Å²) in [6.07, 6.45) is 2.73. The number of carbonyl (C=O) groups excluding carboxylic acids is 1. The summed E-state index contributed by atoms with van der Waals surface area (Å²) in [4.78, 5) is 21.7. The van der Waals surface area contributed by atoms with Gasteiger partial charge in [-0.3, -0.25) is 14.9 Å². The smallest absolute Gasteiger partial charge is 0.269 e. The van der Waals surface area contributed by atoms with Crippen LogP contribution in [0.2, 0.25) is 5.02 Å². The molecule has 0 spiro atoms. The zero-order chi connectivity index (χ0) is 16.1. The van der Waals surface area contributed by atoms with E-state index >= 15 is 0 Å². The number of hydrogen-bond donors (Lipinski definition) is 1. The van der Waals surface area contributed by atoms with Gasteiger partial charge in [0.05, 0.1) is 9.95 Å². The fraction of sp³-hybridized carbons (Fsp3) is 0. The number of nitro groups is 1. The monoisotopic (exact) mass is 320 g/mol. The molecule has 0 heterocycles. The van der Waals surface area contributed by atoms with Crippen molar-refractivity contribution in [2.24, 2.45) is 0 Å². The van der Waals surface area contributed by atoms with Crippen molar-refractivity contribution >= 4 is 35.0 Å². The molecule has 0 aliphatic carbocycles. The summed E-state index contributed by atoms with van der Waals surface area (Å²) in [5.41, 5.74) is 0.942. The van der Waals surface area contributed by atoms with Crippen LogP contribution in [-0.4, -0.2) is 10.8 Å². The molecular weight excluding hydrogens is 311 g/mol. The van der Waals surface area contributed by atoms with Crippen LogP contribution in [0.5, 0.6) is 0 Å². The number of nitro benzene ring substituents is 1. The van der Waals surface area contributed by atoms with Gasteiger partial charge in [0.15, 0.2) is 0 Å². The molecule has 0 saturated heterocycles. The minimum absolute atomic E-state index is 0.0297. The summed E-state index contributed by atoms with van der Waals surface area (Å²) >= 11 is 5.63. The van der Waals surface area contributed by atoms with Crippen LogP contribution in [0, 0.1) is 15.9 Å². The first kappa shape index (κ1) is 15.7. The van der Waals surface area contributed by atoms with E-state index in [9.17, 15) is 19.3 Å². The molecular formula is C15H10ClFN2O3. The Bertz CT molecular complexity index is 745. The normalized spacial score (nSPS) is 10.6. The highest BCUT2D eigenvalue weighted by Gasteiger charge is 2.05. The van der Waals surface area contributed by atoms with Gasteiger partial charge in [0.1, 0.15) is 5.82 Å². The van der Waals surface area contributed by atoms with Crippen LogP contribution in [0.15, 0.2) is 48.5 Å². The van der Waals surface area contributed by atoms with Crippen LogP contribution in [0.25, 0.3) is 6.08 Å². The van der Waals surface area contributed by atoms with Crippen LogP contribution >= 0.6 is 11.6 Å². The zero-order valence-corrected chi connectivity index (χ0v) is 11.9. The number of nitrogens with zero attached hydrogens (tertiary/aromatic N) is 1. The van der Waals surface area contributed by atoms with Crippen LogP contribution in [0.3, 0.4) is 0 Å². The van der Waals surface area contributed by atoms with E-state index in [0.717, 1.165) is 0 Å². The van der Waals surface area contributed by atoms with Crippen LogP contribution in [0.4, 0.5) is 15.8 Å². The summed E-state index contributed by atoms with van der Waals surface area (Å²) in [5, 5.41) is 13.0. The van der Waals surface area contributed by atoms with Crippen LogP contribution < -0.4 is 5.32 Å². The topological polar surface area (TPSA) is 72.2 Å². The lowest BCUT2D eigenvalue weighted by Gasteiger charge is -2.01. The van der Waals surface area contributed by atoms with Gasteiger partial charge in [-0.1, -0.05) is 17.7 Å². The third-order valence-corrected chi connectivity index (χ3v) is 3.01. The Kier molecular flexibility index (Phi) is 4.85. The summed E-state index contributed by atoms with van der Waals surface area (Å²) in [5.74, 6) is -0.955. The summed E-state index contributed by atoms with van der Waals surface area (Å²) < 4.78 is 13.0. The second kappa shape index (κ2) is 6.82. The van der Waals surface area contributed by atoms with E-state index in [1.54, 1.807) is 0 Å². The van der Waals surface area contributed by atoms with Crippen LogP contribution in [0.1, 0.15) is 5.56 Å². The number of benzene rings is 2. The van der Waals surface area contributed by atoms with E-state index in [2.05, 4.69) is 5.32 Å². The number of rotatable bonds is 4. The standard InChI is InChI=1S/C15H10ClFN2O3/c16-13-9-10(1-7-14(13)17)2-8-15(20)18-11-3-5-12(6-4-11)19(21)22/h1-9H,(H,18,20)/b8-2+. The number of nitrogens with one attached hydrogen (secondary N) is 1. The van der Waals surface area contributed by atoms with Crippen molar-refractivity contribution in [3.63, 3.8) is 0 Å². The molecule has 0 unspecified atom stereocenters. The van der Waals surface area contributed by atoms with Crippen molar-refractivity contribution in [3.8, 4) is 0 Å². The highest BCUT2D eigenvalue weighted by Crippen LogP contribution is 2.17. The second-order valence-corrected chi connectivity index (χ2v) is 4.71. The highest BCUT2D eigenvalue weighted by molar-refractivity contribution is 6.30. The molecule has 2 aromatic rings. The van der Waals surface area contributed by atoms with Gasteiger partial charge in [0, 0.05) is 23.9 Å². The van der Waals surface area contributed by atoms with E-state index in [4.69, 9.17) is 11.6 Å². The molecule has 5 nitrogen and oxygen atoms in total. The minimum atomic E-state index is -0.533. The first-order valence-corrected chi connectivity index (χ1v) is 6.52. The van der Waals surface area contributed by atoms with E-state index in [-0.39, 0.29) is 10.7 Å². The molecule has 0 aliphatic rings. The average Bonchev–Trinajstić information content (AvgIpc) is 2.49. The fourth-order valence-corrected chi connectivity index (χ4v) is 1.83. The first-order valence-electron chi connectivity index (χ1n) is 6.14. The molecule has 0 fully saturated rings. The van der Waals surface area contributed by atoms with Crippen molar-refractivity contribution < 1.29 is 14.1 Å². The Morgan fingerprint density at radius 3 is 2.50 bits per heavy atom. The second-order valence-electron chi connectivity index (χ2n) is 4.30. The Balaban J connectivity index is 2.01. The quantitative estimate of drug-likeness (QED) is 0.525. The van der Waals surface area contributed by atoms with Gasteiger partial charge in [-0.2, -0.15) is 0 Å². The van der Waals surface area contributed by atoms with Crippen molar-refractivity contribution in [2.75, 3.05) is 5.32 Å². The summed E-state index contributed by atoms with van der Waals surface area (Å²) in [6.45, 7) is 0. The number of amides is 1. The molecule has 1 amide bonds. The molecule has 0 bridgehead atoms. The van der Waals surface area contributed by atoms with Crippen molar-refractivity contribution in [3.05, 3.63) is 75.1 Å². The Labute approximate surface area is 130 Å². The number of halogens is 2. The van der Waals surface area contributed by atoms with E-state index in [1.807, 2.05) is 0 Å². The molecule has 1 N–H and O–H groups in total. The lowest BCUT2D eigenvalue weighted by molar-refractivity contribution is -0.384. The largest absolute Gasteiger partial charge is 0.323 e. The van der Waals surface area contributed by atoms with E-state index in [1.165, 1.54) is 54.6 Å². The van der Waals surface area contributed by atoms with Crippen molar-refractivity contribution in [1.29, 1.82) is 0 Å².